The maximum absolute atomic E-state index is 6.22. The first-order chi connectivity index (χ1) is 8.54. The molecule has 5 heteroatoms. The van der Waals surface area contributed by atoms with E-state index in [-0.39, 0.29) is 0 Å². The second kappa shape index (κ2) is 5.58. The number of hydrogen-bond acceptors (Lipinski definition) is 1. The Balaban J connectivity index is 2.57. The molecule has 0 aliphatic heterocycles. The Morgan fingerprint density at radius 2 is 1.56 bits per heavy atom. The number of ether oxygens (including phenoxy) is 1. The van der Waals surface area contributed by atoms with Gasteiger partial charge < -0.3 is 4.74 Å². The molecule has 0 aliphatic carbocycles. The minimum Gasteiger partial charge on any atom is -0.495 e. The van der Waals surface area contributed by atoms with Crippen molar-refractivity contribution in [2.75, 3.05) is 7.11 Å². The van der Waals surface area contributed by atoms with Crippen LogP contribution >= 0.6 is 46.4 Å². The van der Waals surface area contributed by atoms with Crippen LogP contribution in [0.5, 0.6) is 5.75 Å². The minimum absolute atomic E-state index is 0.378. The summed E-state index contributed by atoms with van der Waals surface area (Å²) in [6.45, 7) is 0. The van der Waals surface area contributed by atoms with Crippen LogP contribution in [-0.4, -0.2) is 7.11 Å². The van der Waals surface area contributed by atoms with E-state index in [0.29, 0.717) is 25.8 Å². The third-order valence-electron chi connectivity index (χ3n) is 2.50. The summed E-state index contributed by atoms with van der Waals surface area (Å²) >= 11 is 24.2. The lowest BCUT2D eigenvalue weighted by atomic mass is 10.1. The summed E-state index contributed by atoms with van der Waals surface area (Å²) < 4.78 is 5.10. The minimum atomic E-state index is 0.378. The summed E-state index contributed by atoms with van der Waals surface area (Å²) in [6, 6.07) is 8.87. The van der Waals surface area contributed by atoms with Gasteiger partial charge in [0.2, 0.25) is 0 Å². The van der Waals surface area contributed by atoms with E-state index in [1.165, 1.54) is 7.11 Å². The lowest BCUT2D eigenvalue weighted by molar-refractivity contribution is 0.415. The summed E-state index contributed by atoms with van der Waals surface area (Å²) in [5.41, 5.74) is 1.62. The predicted molar refractivity (Wildman–Crippen MR) is 78.5 cm³/mol. The Morgan fingerprint density at radius 3 is 2.17 bits per heavy atom. The number of rotatable bonds is 2. The Kier molecular flexibility index (Phi) is 4.29. The van der Waals surface area contributed by atoms with Crippen molar-refractivity contribution < 1.29 is 4.74 Å². The maximum atomic E-state index is 6.22. The van der Waals surface area contributed by atoms with Gasteiger partial charge in [-0.1, -0.05) is 52.5 Å². The Bertz CT molecular complexity index is 596. The van der Waals surface area contributed by atoms with Gasteiger partial charge in [0, 0.05) is 5.56 Å². The van der Waals surface area contributed by atoms with Gasteiger partial charge in [-0.3, -0.25) is 0 Å². The fraction of sp³-hybridized carbons (Fsp3) is 0.0769. The molecule has 0 aliphatic rings. The molecule has 2 aromatic carbocycles. The standard InChI is InChI=1S/C13H8Cl4O/c1-18-11-5-3-8(12(16)13(11)17)7-2-4-9(14)10(15)6-7/h2-6H,1H3. The first-order valence-electron chi connectivity index (χ1n) is 5.02. The van der Waals surface area contributed by atoms with E-state index in [1.807, 2.05) is 12.1 Å². The number of hydrogen-bond donors (Lipinski definition) is 0. The van der Waals surface area contributed by atoms with Crippen LogP contribution < -0.4 is 4.74 Å². The van der Waals surface area contributed by atoms with Gasteiger partial charge >= 0.3 is 0 Å². The van der Waals surface area contributed by atoms with Crippen LogP contribution in [0.2, 0.25) is 20.1 Å². The van der Waals surface area contributed by atoms with E-state index in [1.54, 1.807) is 18.2 Å². The molecular formula is C13H8Cl4O. The van der Waals surface area contributed by atoms with E-state index in [2.05, 4.69) is 0 Å². The van der Waals surface area contributed by atoms with Crippen molar-refractivity contribution in [3.8, 4) is 16.9 Å². The molecule has 0 atom stereocenters. The van der Waals surface area contributed by atoms with E-state index in [9.17, 15) is 0 Å². The van der Waals surface area contributed by atoms with Gasteiger partial charge in [0.25, 0.3) is 0 Å². The molecule has 0 saturated carbocycles. The average molecular weight is 322 g/mol. The van der Waals surface area contributed by atoms with Crippen LogP contribution in [0.3, 0.4) is 0 Å². The number of halogens is 4. The van der Waals surface area contributed by atoms with Gasteiger partial charge in [-0.2, -0.15) is 0 Å². The van der Waals surface area contributed by atoms with Crippen molar-refractivity contribution in [3.05, 3.63) is 50.4 Å². The van der Waals surface area contributed by atoms with Crippen molar-refractivity contribution in [1.82, 2.24) is 0 Å². The van der Waals surface area contributed by atoms with E-state index < -0.39 is 0 Å². The van der Waals surface area contributed by atoms with Gasteiger partial charge in [0.15, 0.2) is 0 Å². The number of benzene rings is 2. The first kappa shape index (κ1) is 13.8. The second-order valence-electron chi connectivity index (χ2n) is 3.57. The molecule has 0 fully saturated rings. The molecule has 94 valence electrons. The first-order valence-corrected chi connectivity index (χ1v) is 6.53. The monoisotopic (exact) mass is 320 g/mol. The third kappa shape index (κ3) is 2.55. The van der Waals surface area contributed by atoms with E-state index in [4.69, 9.17) is 51.1 Å². The highest BCUT2D eigenvalue weighted by Gasteiger charge is 2.12. The fourth-order valence-corrected chi connectivity index (χ4v) is 2.38. The molecular weight excluding hydrogens is 314 g/mol. The normalized spacial score (nSPS) is 10.5. The van der Waals surface area contributed by atoms with Crippen LogP contribution in [0.25, 0.3) is 11.1 Å². The summed E-state index contributed by atoms with van der Waals surface area (Å²) in [5.74, 6) is 0.533. The molecule has 2 rings (SSSR count). The van der Waals surface area contributed by atoms with Crippen molar-refractivity contribution in [1.29, 1.82) is 0 Å². The molecule has 0 amide bonds. The van der Waals surface area contributed by atoms with Crippen molar-refractivity contribution >= 4 is 46.4 Å². The average Bonchev–Trinajstić information content (AvgIpc) is 2.36. The molecule has 2 aromatic rings. The van der Waals surface area contributed by atoms with Crippen molar-refractivity contribution in [2.45, 2.75) is 0 Å². The van der Waals surface area contributed by atoms with Gasteiger partial charge in [-0.05, 0) is 29.8 Å². The van der Waals surface area contributed by atoms with Crippen LogP contribution in [0.15, 0.2) is 30.3 Å². The Labute approximate surface area is 125 Å². The Morgan fingerprint density at radius 1 is 0.833 bits per heavy atom. The zero-order chi connectivity index (χ0) is 13.3. The second-order valence-corrected chi connectivity index (χ2v) is 5.14. The van der Waals surface area contributed by atoms with E-state index >= 15 is 0 Å². The lowest BCUT2D eigenvalue weighted by Gasteiger charge is -2.10. The predicted octanol–water partition coefficient (Wildman–Crippen LogP) is 5.98. The highest BCUT2D eigenvalue weighted by atomic mass is 35.5. The van der Waals surface area contributed by atoms with Crippen molar-refractivity contribution in [2.24, 2.45) is 0 Å². The summed E-state index contributed by atoms with van der Waals surface area (Å²) in [5, 5.41) is 1.77. The molecule has 1 nitrogen and oxygen atoms in total. The van der Waals surface area contributed by atoms with Crippen LogP contribution in [0, 0.1) is 0 Å². The van der Waals surface area contributed by atoms with Gasteiger partial charge in [-0.15, -0.1) is 0 Å². The smallest absolute Gasteiger partial charge is 0.139 e. The quantitative estimate of drug-likeness (QED) is 0.661. The van der Waals surface area contributed by atoms with Crippen molar-refractivity contribution in [3.63, 3.8) is 0 Å². The molecule has 0 bridgehead atoms. The van der Waals surface area contributed by atoms with Crippen LogP contribution in [-0.2, 0) is 0 Å². The maximum Gasteiger partial charge on any atom is 0.139 e. The largest absolute Gasteiger partial charge is 0.495 e. The molecule has 0 unspecified atom stereocenters. The Hall–Kier alpha value is -0.600. The van der Waals surface area contributed by atoms with Gasteiger partial charge in [-0.25, -0.2) is 0 Å². The topological polar surface area (TPSA) is 9.23 Å². The third-order valence-corrected chi connectivity index (χ3v) is 4.10. The van der Waals surface area contributed by atoms with Crippen LogP contribution in [0.1, 0.15) is 0 Å². The van der Waals surface area contributed by atoms with Gasteiger partial charge in [0.1, 0.15) is 10.8 Å². The molecule has 0 saturated heterocycles. The fourth-order valence-electron chi connectivity index (χ4n) is 1.58. The summed E-state index contributed by atoms with van der Waals surface area (Å²) in [6.07, 6.45) is 0. The summed E-state index contributed by atoms with van der Waals surface area (Å²) in [7, 11) is 1.54. The molecule has 18 heavy (non-hydrogen) atoms. The SMILES string of the molecule is COc1ccc(-c2ccc(Cl)c(Cl)c2)c(Cl)c1Cl. The molecule has 0 aromatic heterocycles. The highest BCUT2D eigenvalue weighted by molar-refractivity contribution is 6.45. The van der Waals surface area contributed by atoms with Gasteiger partial charge in [0.05, 0.1) is 22.2 Å². The molecule has 0 N–H and O–H groups in total. The van der Waals surface area contributed by atoms with E-state index in [0.717, 1.165) is 11.1 Å². The lowest BCUT2D eigenvalue weighted by Crippen LogP contribution is -1.87. The highest BCUT2D eigenvalue weighted by Crippen LogP contribution is 2.40. The molecule has 0 radical (unpaired) electrons. The molecule has 0 spiro atoms. The summed E-state index contributed by atoms with van der Waals surface area (Å²) in [4.78, 5) is 0. The number of methoxy groups -OCH3 is 1. The zero-order valence-corrected chi connectivity index (χ0v) is 12.3. The molecule has 0 heterocycles. The zero-order valence-electron chi connectivity index (χ0n) is 9.31. The van der Waals surface area contributed by atoms with Crippen LogP contribution in [0.4, 0.5) is 0 Å².